The van der Waals surface area contributed by atoms with Crippen LogP contribution in [0.3, 0.4) is 0 Å². The van der Waals surface area contributed by atoms with Crippen molar-refractivity contribution in [1.82, 2.24) is 0 Å². The second kappa shape index (κ2) is 9.67. The van der Waals surface area contributed by atoms with E-state index in [4.69, 9.17) is 9.15 Å². The molecule has 0 bridgehead atoms. The molecule has 0 atom stereocenters. The normalized spacial score (nSPS) is 10.3. The number of carbonyl (C=O) groups excluding carboxylic acids is 2. The minimum Gasteiger partial charge on any atom is -0.459 e. The van der Waals surface area contributed by atoms with E-state index in [1.54, 1.807) is 43.3 Å². The first kappa shape index (κ1) is 21.6. The number of amides is 1. The number of furan rings is 1. The second-order valence-corrected chi connectivity index (χ2v) is 7.36. The third kappa shape index (κ3) is 4.83. The first-order valence-electron chi connectivity index (χ1n) is 10.3. The van der Waals surface area contributed by atoms with Crippen molar-refractivity contribution in [1.29, 1.82) is 5.26 Å². The van der Waals surface area contributed by atoms with Gasteiger partial charge in [-0.15, -0.1) is 0 Å². The second-order valence-electron chi connectivity index (χ2n) is 7.36. The number of nitrogens with one attached hydrogen (secondary N) is 1. The van der Waals surface area contributed by atoms with Crippen LogP contribution in [0.25, 0.3) is 11.1 Å². The summed E-state index contributed by atoms with van der Waals surface area (Å²) in [6, 6.07) is 25.4. The number of hydrogen-bond donors (Lipinski definition) is 1. The zero-order chi connectivity index (χ0) is 23.2. The summed E-state index contributed by atoms with van der Waals surface area (Å²) in [5, 5.41) is 12.0. The highest BCUT2D eigenvalue weighted by atomic mass is 16.5. The fourth-order valence-corrected chi connectivity index (χ4v) is 3.43. The molecule has 0 aliphatic heterocycles. The summed E-state index contributed by atoms with van der Waals surface area (Å²) in [7, 11) is 0. The Hall–Kier alpha value is -4.63. The van der Waals surface area contributed by atoms with Crippen molar-refractivity contribution in [2.45, 2.75) is 13.5 Å². The molecule has 1 aromatic heterocycles. The quantitative estimate of drug-likeness (QED) is 0.389. The Morgan fingerprint density at radius 3 is 2.48 bits per heavy atom. The van der Waals surface area contributed by atoms with Crippen LogP contribution in [0.4, 0.5) is 5.69 Å². The van der Waals surface area contributed by atoms with Crippen LogP contribution < -0.4 is 5.32 Å². The summed E-state index contributed by atoms with van der Waals surface area (Å²) in [5.74, 6) is -0.848. The summed E-state index contributed by atoms with van der Waals surface area (Å²) in [4.78, 5) is 25.2. The molecule has 0 aliphatic rings. The molecule has 4 aromatic rings. The molecule has 0 saturated heterocycles. The van der Waals surface area contributed by atoms with Gasteiger partial charge in [-0.1, -0.05) is 54.6 Å². The van der Waals surface area contributed by atoms with Gasteiger partial charge >= 0.3 is 5.97 Å². The monoisotopic (exact) mass is 436 g/mol. The third-order valence-corrected chi connectivity index (χ3v) is 5.16. The van der Waals surface area contributed by atoms with E-state index in [2.05, 4.69) is 11.4 Å². The maximum absolute atomic E-state index is 12.8. The van der Waals surface area contributed by atoms with Crippen molar-refractivity contribution in [3.05, 3.63) is 113 Å². The van der Waals surface area contributed by atoms with E-state index >= 15 is 0 Å². The van der Waals surface area contributed by atoms with Gasteiger partial charge in [-0.3, -0.25) is 4.79 Å². The van der Waals surface area contributed by atoms with Crippen molar-refractivity contribution in [3.8, 4) is 17.2 Å². The number of nitrogens with zero attached hydrogens (tertiary/aromatic N) is 1. The Balaban J connectivity index is 1.47. The maximum Gasteiger partial charge on any atom is 0.340 e. The lowest BCUT2D eigenvalue weighted by molar-refractivity contribution is 0.0474. The molecule has 4 rings (SSSR count). The van der Waals surface area contributed by atoms with Crippen molar-refractivity contribution in [3.63, 3.8) is 0 Å². The molecule has 3 aromatic carbocycles. The zero-order valence-corrected chi connectivity index (χ0v) is 17.9. The Kier molecular flexibility index (Phi) is 6.33. The topological polar surface area (TPSA) is 92.3 Å². The summed E-state index contributed by atoms with van der Waals surface area (Å²) in [6.45, 7) is 1.87. The number of para-hydroxylation sites is 1. The Bertz CT molecular complexity index is 1330. The molecule has 6 nitrogen and oxygen atoms in total. The van der Waals surface area contributed by atoms with Crippen LogP contribution in [0.1, 0.15) is 37.6 Å². The first-order chi connectivity index (χ1) is 16.1. The molecule has 0 saturated carbocycles. The minimum atomic E-state index is -0.549. The molecule has 1 heterocycles. The number of anilines is 1. The smallest absolute Gasteiger partial charge is 0.340 e. The van der Waals surface area contributed by atoms with E-state index in [0.29, 0.717) is 11.3 Å². The van der Waals surface area contributed by atoms with Gasteiger partial charge < -0.3 is 14.5 Å². The van der Waals surface area contributed by atoms with Gasteiger partial charge in [0.2, 0.25) is 0 Å². The standard InChI is InChI=1S/C27H20N2O4/c1-18-6-4-9-23(25(18)29-26(30)24-10-5-15-32-24)27(31)33-17-19-11-13-20(14-12-19)22-8-3-2-7-21(22)16-28/h2-15H,17H2,1H3,(H,29,30). The van der Waals surface area contributed by atoms with E-state index in [0.717, 1.165) is 22.3 Å². The lowest BCUT2D eigenvalue weighted by Crippen LogP contribution is -2.16. The van der Waals surface area contributed by atoms with Crippen LogP contribution in [0, 0.1) is 18.3 Å². The summed E-state index contributed by atoms with van der Waals surface area (Å²) >= 11 is 0. The van der Waals surface area contributed by atoms with E-state index in [9.17, 15) is 14.9 Å². The van der Waals surface area contributed by atoms with Crippen LogP contribution in [0.5, 0.6) is 0 Å². The van der Waals surface area contributed by atoms with Gasteiger partial charge in [-0.2, -0.15) is 5.26 Å². The Labute approximate surface area is 191 Å². The largest absolute Gasteiger partial charge is 0.459 e. The van der Waals surface area contributed by atoms with Crippen LogP contribution in [-0.4, -0.2) is 11.9 Å². The van der Waals surface area contributed by atoms with Gasteiger partial charge in [0.25, 0.3) is 5.91 Å². The number of rotatable bonds is 6. The maximum atomic E-state index is 12.8. The lowest BCUT2D eigenvalue weighted by Gasteiger charge is -2.13. The van der Waals surface area contributed by atoms with E-state index in [1.807, 2.05) is 42.5 Å². The van der Waals surface area contributed by atoms with E-state index in [1.165, 1.54) is 6.26 Å². The van der Waals surface area contributed by atoms with E-state index in [-0.39, 0.29) is 17.9 Å². The molecule has 1 amide bonds. The molecule has 0 fully saturated rings. The Morgan fingerprint density at radius 2 is 1.76 bits per heavy atom. The third-order valence-electron chi connectivity index (χ3n) is 5.16. The highest BCUT2D eigenvalue weighted by Gasteiger charge is 2.18. The van der Waals surface area contributed by atoms with Crippen molar-refractivity contribution in [2.75, 3.05) is 5.32 Å². The number of benzene rings is 3. The number of carbonyl (C=O) groups is 2. The lowest BCUT2D eigenvalue weighted by atomic mass is 9.99. The molecule has 0 spiro atoms. The Morgan fingerprint density at radius 1 is 0.970 bits per heavy atom. The summed E-state index contributed by atoms with van der Waals surface area (Å²) in [6.07, 6.45) is 1.41. The summed E-state index contributed by atoms with van der Waals surface area (Å²) < 4.78 is 10.6. The van der Waals surface area contributed by atoms with Gasteiger partial charge in [0, 0.05) is 0 Å². The average Bonchev–Trinajstić information content (AvgIpc) is 3.39. The SMILES string of the molecule is Cc1cccc(C(=O)OCc2ccc(-c3ccccc3C#N)cc2)c1NC(=O)c1ccco1. The van der Waals surface area contributed by atoms with Gasteiger partial charge in [-0.05, 0) is 53.4 Å². The van der Waals surface area contributed by atoms with Gasteiger partial charge in [-0.25, -0.2) is 4.79 Å². The van der Waals surface area contributed by atoms with Crippen molar-refractivity contribution in [2.24, 2.45) is 0 Å². The zero-order valence-electron chi connectivity index (χ0n) is 17.9. The summed E-state index contributed by atoms with van der Waals surface area (Å²) in [5.41, 5.74) is 4.52. The fourth-order valence-electron chi connectivity index (χ4n) is 3.43. The average molecular weight is 436 g/mol. The van der Waals surface area contributed by atoms with Gasteiger partial charge in [0.1, 0.15) is 6.61 Å². The van der Waals surface area contributed by atoms with Gasteiger partial charge in [0.05, 0.1) is 29.1 Å². The fraction of sp³-hybridized carbons (Fsp3) is 0.0741. The molecular weight excluding hydrogens is 416 g/mol. The highest BCUT2D eigenvalue weighted by Crippen LogP contribution is 2.25. The van der Waals surface area contributed by atoms with Crippen LogP contribution >= 0.6 is 0 Å². The predicted molar refractivity (Wildman–Crippen MR) is 124 cm³/mol. The molecular formula is C27H20N2O4. The van der Waals surface area contributed by atoms with Gasteiger partial charge in [0.15, 0.2) is 5.76 Å². The van der Waals surface area contributed by atoms with Crippen LogP contribution in [-0.2, 0) is 11.3 Å². The number of ether oxygens (including phenoxy) is 1. The molecule has 33 heavy (non-hydrogen) atoms. The van der Waals surface area contributed by atoms with Crippen molar-refractivity contribution < 1.29 is 18.7 Å². The predicted octanol–water partition coefficient (Wildman–Crippen LogP) is 5.74. The number of esters is 1. The van der Waals surface area contributed by atoms with Crippen molar-refractivity contribution >= 4 is 17.6 Å². The molecule has 6 heteroatoms. The highest BCUT2D eigenvalue weighted by molar-refractivity contribution is 6.07. The molecule has 162 valence electrons. The minimum absolute atomic E-state index is 0.0680. The number of nitriles is 1. The number of hydrogen-bond acceptors (Lipinski definition) is 5. The molecule has 0 aliphatic carbocycles. The molecule has 1 N–H and O–H groups in total. The molecule has 0 unspecified atom stereocenters. The molecule has 0 radical (unpaired) electrons. The van der Waals surface area contributed by atoms with E-state index < -0.39 is 11.9 Å². The van der Waals surface area contributed by atoms with Crippen LogP contribution in [0.2, 0.25) is 0 Å². The number of aryl methyl sites for hydroxylation is 1. The first-order valence-corrected chi connectivity index (χ1v) is 10.3. The van der Waals surface area contributed by atoms with Crippen LogP contribution in [0.15, 0.2) is 89.5 Å².